The molecule has 0 aliphatic heterocycles. The molecule has 0 saturated heterocycles. The van der Waals surface area contributed by atoms with Crippen LogP contribution in [0.5, 0.6) is 5.75 Å². The van der Waals surface area contributed by atoms with Crippen molar-refractivity contribution in [2.45, 2.75) is 38.6 Å². The van der Waals surface area contributed by atoms with Gasteiger partial charge >= 0.3 is 0 Å². The fourth-order valence-corrected chi connectivity index (χ4v) is 1.72. The van der Waals surface area contributed by atoms with Gasteiger partial charge in [-0.3, -0.25) is 0 Å². The molecule has 0 saturated carbocycles. The lowest BCUT2D eigenvalue weighted by Crippen LogP contribution is -2.27. The van der Waals surface area contributed by atoms with E-state index < -0.39 is 0 Å². The second kappa shape index (κ2) is 6.46. The Morgan fingerprint density at radius 1 is 1.27 bits per heavy atom. The molecular weight excluding hydrogens is 186 g/mol. The molecule has 0 radical (unpaired) electrons. The second-order valence-corrected chi connectivity index (χ2v) is 4.00. The molecule has 2 heteroatoms. The molecule has 0 spiro atoms. The van der Waals surface area contributed by atoms with Crippen molar-refractivity contribution in [2.24, 2.45) is 0 Å². The Balaban J connectivity index is 2.47. The normalized spacial score (nSPS) is 12.7. The van der Waals surface area contributed by atoms with Gasteiger partial charge in [0.15, 0.2) is 0 Å². The van der Waals surface area contributed by atoms with Crippen LogP contribution in [-0.2, 0) is 6.42 Å². The van der Waals surface area contributed by atoms with Crippen molar-refractivity contribution in [3.63, 3.8) is 0 Å². The zero-order chi connectivity index (χ0) is 11.1. The SMILES string of the molecule is CCCCC(Cc1ccc(O)cc1)NC. The van der Waals surface area contributed by atoms with Gasteiger partial charge in [0, 0.05) is 6.04 Å². The zero-order valence-electron chi connectivity index (χ0n) is 9.66. The van der Waals surface area contributed by atoms with E-state index in [1.54, 1.807) is 12.1 Å². The highest BCUT2D eigenvalue weighted by molar-refractivity contribution is 5.26. The molecule has 1 rings (SSSR count). The number of benzene rings is 1. The van der Waals surface area contributed by atoms with E-state index in [1.807, 2.05) is 19.2 Å². The van der Waals surface area contributed by atoms with Crippen LogP contribution in [0.3, 0.4) is 0 Å². The molecule has 0 aliphatic carbocycles. The van der Waals surface area contributed by atoms with Gasteiger partial charge in [0.2, 0.25) is 0 Å². The van der Waals surface area contributed by atoms with Crippen molar-refractivity contribution < 1.29 is 5.11 Å². The largest absolute Gasteiger partial charge is 0.508 e. The number of phenols is 1. The van der Waals surface area contributed by atoms with E-state index in [1.165, 1.54) is 24.8 Å². The van der Waals surface area contributed by atoms with Crippen molar-refractivity contribution in [1.82, 2.24) is 5.32 Å². The van der Waals surface area contributed by atoms with Crippen LogP contribution >= 0.6 is 0 Å². The second-order valence-electron chi connectivity index (χ2n) is 4.00. The maximum atomic E-state index is 9.17. The average molecular weight is 207 g/mol. The molecule has 1 atom stereocenters. The van der Waals surface area contributed by atoms with E-state index >= 15 is 0 Å². The van der Waals surface area contributed by atoms with E-state index in [2.05, 4.69) is 12.2 Å². The predicted octanol–water partition coefficient (Wildman–Crippen LogP) is 2.71. The summed E-state index contributed by atoms with van der Waals surface area (Å²) in [6.45, 7) is 2.22. The minimum Gasteiger partial charge on any atom is -0.508 e. The maximum Gasteiger partial charge on any atom is 0.115 e. The monoisotopic (exact) mass is 207 g/mol. The van der Waals surface area contributed by atoms with Crippen molar-refractivity contribution in [3.05, 3.63) is 29.8 Å². The maximum absolute atomic E-state index is 9.17. The summed E-state index contributed by atoms with van der Waals surface area (Å²) in [6, 6.07) is 8.04. The van der Waals surface area contributed by atoms with Crippen molar-refractivity contribution in [3.8, 4) is 5.75 Å². The number of nitrogens with one attached hydrogen (secondary N) is 1. The Labute approximate surface area is 92.3 Å². The topological polar surface area (TPSA) is 32.3 Å². The van der Waals surface area contributed by atoms with E-state index in [4.69, 9.17) is 0 Å². The molecule has 2 nitrogen and oxygen atoms in total. The van der Waals surface area contributed by atoms with E-state index in [-0.39, 0.29) is 0 Å². The minimum absolute atomic E-state index is 0.341. The Morgan fingerprint density at radius 3 is 2.47 bits per heavy atom. The van der Waals surface area contributed by atoms with Gasteiger partial charge in [0.25, 0.3) is 0 Å². The molecule has 0 fully saturated rings. The highest BCUT2D eigenvalue weighted by Crippen LogP contribution is 2.13. The predicted molar refractivity (Wildman–Crippen MR) is 64.2 cm³/mol. The summed E-state index contributed by atoms with van der Waals surface area (Å²) in [6.07, 6.45) is 4.77. The summed E-state index contributed by atoms with van der Waals surface area (Å²) < 4.78 is 0. The zero-order valence-corrected chi connectivity index (χ0v) is 9.66. The van der Waals surface area contributed by atoms with Crippen molar-refractivity contribution in [2.75, 3.05) is 7.05 Å². The molecule has 0 heterocycles. The first-order chi connectivity index (χ1) is 7.26. The lowest BCUT2D eigenvalue weighted by atomic mass is 10.0. The van der Waals surface area contributed by atoms with Gasteiger partial charge in [-0.25, -0.2) is 0 Å². The van der Waals surface area contributed by atoms with Crippen LogP contribution in [0.25, 0.3) is 0 Å². The number of aromatic hydroxyl groups is 1. The minimum atomic E-state index is 0.341. The summed E-state index contributed by atoms with van der Waals surface area (Å²) >= 11 is 0. The fraction of sp³-hybridized carbons (Fsp3) is 0.538. The van der Waals surface area contributed by atoms with E-state index in [0.717, 1.165) is 6.42 Å². The summed E-state index contributed by atoms with van der Waals surface area (Å²) in [5.41, 5.74) is 1.28. The van der Waals surface area contributed by atoms with Crippen LogP contribution in [0.4, 0.5) is 0 Å². The van der Waals surface area contributed by atoms with Gasteiger partial charge in [-0.2, -0.15) is 0 Å². The quantitative estimate of drug-likeness (QED) is 0.751. The third kappa shape index (κ3) is 4.34. The van der Waals surface area contributed by atoms with Gasteiger partial charge in [0.05, 0.1) is 0 Å². The Bertz CT molecular complexity index is 268. The first-order valence-electron chi connectivity index (χ1n) is 5.71. The average Bonchev–Trinajstić information content (AvgIpc) is 2.27. The van der Waals surface area contributed by atoms with Crippen molar-refractivity contribution >= 4 is 0 Å². The Morgan fingerprint density at radius 2 is 1.93 bits per heavy atom. The molecule has 84 valence electrons. The molecule has 1 aromatic rings. The van der Waals surface area contributed by atoms with Crippen molar-refractivity contribution in [1.29, 1.82) is 0 Å². The Kier molecular flexibility index (Phi) is 5.19. The summed E-state index contributed by atoms with van der Waals surface area (Å²) in [4.78, 5) is 0. The van der Waals surface area contributed by atoms with Crippen LogP contribution in [0.2, 0.25) is 0 Å². The third-order valence-corrected chi connectivity index (χ3v) is 2.73. The van der Waals surface area contributed by atoms with Crippen LogP contribution in [0.15, 0.2) is 24.3 Å². The summed E-state index contributed by atoms with van der Waals surface area (Å²) in [5, 5.41) is 12.5. The smallest absolute Gasteiger partial charge is 0.115 e. The standard InChI is InChI=1S/C13H21NO/c1-3-4-5-12(14-2)10-11-6-8-13(15)9-7-11/h6-9,12,14-15H,3-5,10H2,1-2H3. The van der Waals surface area contributed by atoms with Gasteiger partial charge in [0.1, 0.15) is 5.75 Å². The molecular formula is C13H21NO. The number of hydrogen-bond acceptors (Lipinski definition) is 2. The molecule has 0 amide bonds. The fourth-order valence-electron chi connectivity index (χ4n) is 1.72. The van der Waals surface area contributed by atoms with Crippen LogP contribution in [0.1, 0.15) is 31.7 Å². The lowest BCUT2D eigenvalue weighted by molar-refractivity contribution is 0.473. The molecule has 0 aromatic heterocycles. The first-order valence-corrected chi connectivity index (χ1v) is 5.71. The molecule has 0 bridgehead atoms. The summed E-state index contributed by atoms with van der Waals surface area (Å²) in [5.74, 6) is 0.341. The van der Waals surface area contributed by atoms with E-state index in [0.29, 0.717) is 11.8 Å². The van der Waals surface area contributed by atoms with E-state index in [9.17, 15) is 5.11 Å². The van der Waals surface area contributed by atoms with Crippen LogP contribution in [-0.4, -0.2) is 18.2 Å². The third-order valence-electron chi connectivity index (χ3n) is 2.73. The highest BCUT2D eigenvalue weighted by Gasteiger charge is 2.06. The molecule has 15 heavy (non-hydrogen) atoms. The molecule has 0 aliphatic rings. The molecule has 1 aromatic carbocycles. The molecule has 2 N–H and O–H groups in total. The van der Waals surface area contributed by atoms with Crippen LogP contribution in [0, 0.1) is 0 Å². The lowest BCUT2D eigenvalue weighted by Gasteiger charge is -2.15. The van der Waals surface area contributed by atoms with Gasteiger partial charge < -0.3 is 10.4 Å². The highest BCUT2D eigenvalue weighted by atomic mass is 16.3. The van der Waals surface area contributed by atoms with Crippen LogP contribution < -0.4 is 5.32 Å². The number of likely N-dealkylation sites (N-methyl/N-ethyl adjacent to an activating group) is 1. The number of hydrogen-bond donors (Lipinski definition) is 2. The first kappa shape index (κ1) is 12.1. The van der Waals surface area contributed by atoms with Gasteiger partial charge in [-0.15, -0.1) is 0 Å². The number of rotatable bonds is 6. The summed E-state index contributed by atoms with van der Waals surface area (Å²) in [7, 11) is 2.01. The van der Waals surface area contributed by atoms with Gasteiger partial charge in [-0.1, -0.05) is 31.9 Å². The van der Waals surface area contributed by atoms with Gasteiger partial charge in [-0.05, 0) is 37.6 Å². The molecule has 1 unspecified atom stereocenters. The number of unbranched alkanes of at least 4 members (excludes halogenated alkanes) is 1. The Hall–Kier alpha value is -1.02. The number of phenolic OH excluding ortho intramolecular Hbond substituents is 1.